The van der Waals surface area contributed by atoms with Crippen LogP contribution in [0.5, 0.6) is 0 Å². The minimum atomic E-state index is -3.61. The Hall–Kier alpha value is -0.860. The van der Waals surface area contributed by atoms with Crippen LogP contribution in [0.4, 0.5) is 0 Å². The van der Waals surface area contributed by atoms with Gasteiger partial charge in [-0.15, -0.1) is 12.4 Å². The summed E-state index contributed by atoms with van der Waals surface area (Å²) in [4.78, 5) is 30.1. The predicted molar refractivity (Wildman–Crippen MR) is 115 cm³/mol. The molecular formula is C20H36ClN3O4S. The van der Waals surface area contributed by atoms with Gasteiger partial charge in [-0.25, -0.2) is 12.7 Å². The molecule has 0 saturated carbocycles. The van der Waals surface area contributed by atoms with Crippen molar-refractivity contribution in [3.63, 3.8) is 0 Å². The van der Waals surface area contributed by atoms with Crippen molar-refractivity contribution >= 4 is 34.2 Å². The number of halogens is 1. The van der Waals surface area contributed by atoms with Gasteiger partial charge in [0, 0.05) is 31.6 Å². The first kappa shape index (κ1) is 24.4. The number of rotatable bonds is 6. The fourth-order valence-electron chi connectivity index (χ4n) is 5.60. The van der Waals surface area contributed by atoms with Crippen LogP contribution >= 0.6 is 12.4 Å². The summed E-state index contributed by atoms with van der Waals surface area (Å²) < 4.78 is 25.5. The molecular weight excluding hydrogens is 414 g/mol. The molecule has 0 aromatic carbocycles. The fourth-order valence-corrected chi connectivity index (χ4v) is 6.79. The number of carbonyl (C=O) groups is 2. The molecule has 7 nitrogen and oxygen atoms in total. The number of hydrogen-bond acceptors (Lipinski definition) is 5. The topological polar surface area (TPSA) is 78.0 Å². The van der Waals surface area contributed by atoms with Gasteiger partial charge in [0.1, 0.15) is 0 Å². The van der Waals surface area contributed by atoms with Gasteiger partial charge in [-0.2, -0.15) is 0 Å². The van der Waals surface area contributed by atoms with Crippen molar-refractivity contribution in [3.05, 3.63) is 0 Å². The second kappa shape index (κ2) is 9.52. The first-order chi connectivity index (χ1) is 13.2. The molecule has 2 amide bonds. The summed E-state index contributed by atoms with van der Waals surface area (Å²) >= 11 is 0. The highest BCUT2D eigenvalue weighted by atomic mass is 35.5. The molecule has 9 heteroatoms. The third-order valence-electron chi connectivity index (χ3n) is 6.91. The third kappa shape index (κ3) is 4.74. The molecule has 3 fully saturated rings. The highest BCUT2D eigenvalue weighted by Gasteiger charge is 2.57. The number of nitrogens with zero attached hydrogens (tertiary/aromatic N) is 3. The van der Waals surface area contributed by atoms with Crippen LogP contribution < -0.4 is 0 Å². The Kier molecular flexibility index (Phi) is 8.01. The van der Waals surface area contributed by atoms with E-state index in [2.05, 4.69) is 18.7 Å². The number of piperidine rings is 1. The van der Waals surface area contributed by atoms with Crippen LogP contribution in [-0.2, 0) is 19.6 Å². The van der Waals surface area contributed by atoms with Crippen molar-refractivity contribution in [2.45, 2.75) is 89.9 Å². The number of carbonyl (C=O) groups excluding carboxylic acids is 2. The number of amides is 2. The SMILES string of the molecule is CCC[C@H]1C(=O)N(S(C)(=O)=O)[C@H]2CCN(C(=O)CCN3C(C)CCCC3C)[C@H]12.Cl. The van der Waals surface area contributed by atoms with Crippen molar-refractivity contribution in [1.29, 1.82) is 0 Å². The molecule has 3 saturated heterocycles. The Morgan fingerprint density at radius 1 is 1.14 bits per heavy atom. The average molecular weight is 450 g/mol. The van der Waals surface area contributed by atoms with E-state index < -0.39 is 22.0 Å². The van der Waals surface area contributed by atoms with Gasteiger partial charge < -0.3 is 4.90 Å². The van der Waals surface area contributed by atoms with Crippen LogP contribution in [0.3, 0.4) is 0 Å². The van der Waals surface area contributed by atoms with Crippen LogP contribution in [0.25, 0.3) is 0 Å². The Morgan fingerprint density at radius 2 is 1.76 bits per heavy atom. The monoisotopic (exact) mass is 449 g/mol. The summed E-state index contributed by atoms with van der Waals surface area (Å²) in [6.45, 7) is 7.72. The first-order valence-electron chi connectivity index (χ1n) is 10.7. The summed E-state index contributed by atoms with van der Waals surface area (Å²) in [5.41, 5.74) is 0. The molecule has 2 unspecified atom stereocenters. The van der Waals surface area contributed by atoms with Gasteiger partial charge in [0.15, 0.2) is 0 Å². The number of sulfonamides is 1. The molecule has 0 aromatic rings. The van der Waals surface area contributed by atoms with Crippen molar-refractivity contribution in [2.75, 3.05) is 19.3 Å². The minimum absolute atomic E-state index is 0. The Balaban J connectivity index is 0.00000300. The maximum Gasteiger partial charge on any atom is 0.241 e. The van der Waals surface area contributed by atoms with Crippen LogP contribution in [0.2, 0.25) is 0 Å². The molecule has 168 valence electrons. The molecule has 5 atom stereocenters. The van der Waals surface area contributed by atoms with Crippen molar-refractivity contribution in [2.24, 2.45) is 5.92 Å². The van der Waals surface area contributed by atoms with E-state index in [-0.39, 0.29) is 30.3 Å². The molecule has 0 N–H and O–H groups in total. The van der Waals surface area contributed by atoms with E-state index in [9.17, 15) is 18.0 Å². The number of hydrogen-bond donors (Lipinski definition) is 0. The summed E-state index contributed by atoms with van der Waals surface area (Å²) in [5, 5.41) is 0. The van der Waals surface area contributed by atoms with Gasteiger partial charge >= 0.3 is 0 Å². The lowest BCUT2D eigenvalue weighted by Crippen LogP contribution is -2.47. The van der Waals surface area contributed by atoms with Gasteiger partial charge in [-0.05, 0) is 39.5 Å². The highest BCUT2D eigenvalue weighted by molar-refractivity contribution is 7.88. The van der Waals surface area contributed by atoms with E-state index in [1.807, 2.05) is 11.8 Å². The molecule has 3 aliphatic rings. The number of likely N-dealkylation sites (tertiary alicyclic amines) is 2. The molecule has 0 radical (unpaired) electrons. The zero-order chi connectivity index (χ0) is 20.6. The summed E-state index contributed by atoms with van der Waals surface area (Å²) in [6.07, 6.45) is 7.07. The molecule has 3 rings (SSSR count). The van der Waals surface area contributed by atoms with E-state index in [1.165, 1.54) is 19.3 Å². The van der Waals surface area contributed by atoms with Gasteiger partial charge in [0.2, 0.25) is 21.8 Å². The van der Waals surface area contributed by atoms with Gasteiger partial charge in [-0.3, -0.25) is 14.5 Å². The number of fused-ring (bicyclic) bond motifs is 1. The molecule has 0 spiro atoms. The Bertz CT molecular complexity index is 707. The summed E-state index contributed by atoms with van der Waals surface area (Å²) in [7, 11) is -3.61. The third-order valence-corrected chi connectivity index (χ3v) is 8.07. The minimum Gasteiger partial charge on any atom is -0.337 e. The van der Waals surface area contributed by atoms with E-state index in [4.69, 9.17) is 0 Å². The van der Waals surface area contributed by atoms with Crippen LogP contribution in [0.15, 0.2) is 0 Å². The summed E-state index contributed by atoms with van der Waals surface area (Å²) in [5.74, 6) is -0.666. The van der Waals surface area contributed by atoms with Crippen LogP contribution in [0.1, 0.15) is 65.7 Å². The van der Waals surface area contributed by atoms with E-state index >= 15 is 0 Å². The molecule has 29 heavy (non-hydrogen) atoms. The molecule has 0 aliphatic carbocycles. The fraction of sp³-hybridized carbons (Fsp3) is 0.900. The standard InChI is InChI=1S/C20H35N3O4S.ClH/c1-5-7-16-19-17(23(20(16)25)28(4,26)27)10-12-22(19)18(24)11-13-21-14(2)8-6-9-15(21)3;/h14-17,19H,5-13H2,1-4H3;1H/t14?,15?,16-,17+,19-;/m1./s1. The van der Waals surface area contributed by atoms with E-state index in [0.29, 0.717) is 37.9 Å². The summed E-state index contributed by atoms with van der Waals surface area (Å²) in [6, 6.07) is 0.288. The predicted octanol–water partition coefficient (Wildman–Crippen LogP) is 2.25. The Morgan fingerprint density at radius 3 is 2.31 bits per heavy atom. The van der Waals surface area contributed by atoms with Crippen LogP contribution in [0, 0.1) is 5.92 Å². The molecule has 0 bridgehead atoms. The van der Waals surface area contributed by atoms with Crippen LogP contribution in [-0.4, -0.2) is 77.8 Å². The lowest BCUT2D eigenvalue weighted by Gasteiger charge is -2.39. The van der Waals surface area contributed by atoms with E-state index in [1.54, 1.807) is 0 Å². The maximum atomic E-state index is 13.1. The molecule has 3 heterocycles. The van der Waals surface area contributed by atoms with Gasteiger partial charge in [0.25, 0.3) is 0 Å². The average Bonchev–Trinajstić information content (AvgIpc) is 3.12. The lowest BCUT2D eigenvalue weighted by atomic mass is 9.94. The second-order valence-corrected chi connectivity index (χ2v) is 10.7. The van der Waals surface area contributed by atoms with Gasteiger partial charge in [-0.1, -0.05) is 19.8 Å². The van der Waals surface area contributed by atoms with E-state index in [0.717, 1.165) is 23.5 Å². The van der Waals surface area contributed by atoms with Crippen molar-refractivity contribution in [3.8, 4) is 0 Å². The Labute approximate surface area is 181 Å². The van der Waals surface area contributed by atoms with Crippen molar-refractivity contribution in [1.82, 2.24) is 14.1 Å². The first-order valence-corrected chi connectivity index (χ1v) is 12.6. The second-order valence-electron chi connectivity index (χ2n) is 8.84. The zero-order valence-corrected chi connectivity index (χ0v) is 19.7. The quantitative estimate of drug-likeness (QED) is 0.621. The highest BCUT2D eigenvalue weighted by Crippen LogP contribution is 2.40. The maximum absolute atomic E-state index is 13.1. The smallest absolute Gasteiger partial charge is 0.241 e. The van der Waals surface area contributed by atoms with Crippen molar-refractivity contribution < 1.29 is 18.0 Å². The van der Waals surface area contributed by atoms with Gasteiger partial charge in [0.05, 0.1) is 24.3 Å². The molecule has 0 aromatic heterocycles. The molecule has 3 aliphatic heterocycles. The normalized spacial score (nSPS) is 33.0. The largest absolute Gasteiger partial charge is 0.337 e. The lowest BCUT2D eigenvalue weighted by molar-refractivity contribution is -0.134. The zero-order valence-electron chi connectivity index (χ0n) is 18.0.